The SMILES string of the molecule is CNc1cc(CNC[C@@H](O)[C@H](Cc2ccccc2)NC(=O)c2cccc(C(=O)N3CCCC3c3nc(C)cs3)c2)cc(C(F)(F)F)c1. The Morgan fingerprint density at radius 2 is 1.81 bits per heavy atom. The minimum atomic E-state index is -4.50. The Balaban J connectivity index is 1.28. The number of carbonyl (C=O) groups excluding carboxylic acids is 2. The van der Waals surface area contributed by atoms with Crippen molar-refractivity contribution >= 4 is 28.8 Å². The van der Waals surface area contributed by atoms with Crippen LogP contribution in [-0.4, -0.2) is 59.1 Å². The van der Waals surface area contributed by atoms with Crippen LogP contribution in [0.4, 0.5) is 18.9 Å². The van der Waals surface area contributed by atoms with Crippen molar-refractivity contribution < 1.29 is 27.9 Å². The van der Waals surface area contributed by atoms with E-state index in [1.165, 1.54) is 0 Å². The predicted octanol–water partition coefficient (Wildman–Crippen LogP) is 5.98. The van der Waals surface area contributed by atoms with E-state index in [0.717, 1.165) is 41.2 Å². The molecule has 248 valence electrons. The van der Waals surface area contributed by atoms with Crippen molar-refractivity contribution in [3.8, 4) is 0 Å². The van der Waals surface area contributed by atoms with Crippen LogP contribution in [0.25, 0.3) is 0 Å². The van der Waals surface area contributed by atoms with Gasteiger partial charge in [0.05, 0.1) is 23.8 Å². The van der Waals surface area contributed by atoms with Gasteiger partial charge in [0.15, 0.2) is 0 Å². The maximum atomic E-state index is 13.6. The van der Waals surface area contributed by atoms with Crippen LogP contribution >= 0.6 is 11.3 Å². The summed E-state index contributed by atoms with van der Waals surface area (Å²) in [6.45, 7) is 2.61. The van der Waals surface area contributed by atoms with Crippen molar-refractivity contribution in [2.24, 2.45) is 0 Å². The number of aliphatic hydroxyl groups is 1. The van der Waals surface area contributed by atoms with Crippen LogP contribution in [0.3, 0.4) is 0 Å². The minimum absolute atomic E-state index is 0.00795. The van der Waals surface area contributed by atoms with E-state index < -0.39 is 29.8 Å². The number of amides is 2. The van der Waals surface area contributed by atoms with Crippen molar-refractivity contribution in [1.82, 2.24) is 20.5 Å². The molecule has 4 aromatic rings. The average molecular weight is 666 g/mol. The molecule has 0 spiro atoms. The van der Waals surface area contributed by atoms with Crippen LogP contribution in [0.2, 0.25) is 0 Å². The number of carbonyl (C=O) groups is 2. The molecular formula is C35H38F3N5O3S. The molecule has 0 saturated carbocycles. The predicted molar refractivity (Wildman–Crippen MR) is 176 cm³/mol. The van der Waals surface area contributed by atoms with Gasteiger partial charge in [-0.15, -0.1) is 11.3 Å². The Morgan fingerprint density at radius 3 is 2.51 bits per heavy atom. The third-order valence-corrected chi connectivity index (χ3v) is 9.24. The number of nitrogens with zero attached hydrogens (tertiary/aromatic N) is 2. The molecule has 1 aliphatic heterocycles. The monoisotopic (exact) mass is 665 g/mol. The summed E-state index contributed by atoms with van der Waals surface area (Å²) in [7, 11) is 1.55. The Kier molecular flexibility index (Phi) is 10.9. The maximum absolute atomic E-state index is 13.6. The van der Waals surface area contributed by atoms with E-state index in [4.69, 9.17) is 0 Å². The first-order chi connectivity index (χ1) is 22.5. The second kappa shape index (κ2) is 15.1. The molecule has 1 aromatic heterocycles. The van der Waals surface area contributed by atoms with Gasteiger partial charge < -0.3 is 26.0 Å². The minimum Gasteiger partial charge on any atom is -0.390 e. The van der Waals surface area contributed by atoms with Crippen LogP contribution in [0.15, 0.2) is 78.2 Å². The largest absolute Gasteiger partial charge is 0.416 e. The smallest absolute Gasteiger partial charge is 0.390 e. The molecule has 2 amide bonds. The summed E-state index contributed by atoms with van der Waals surface area (Å²) >= 11 is 1.54. The zero-order valence-electron chi connectivity index (χ0n) is 26.2. The molecule has 0 bridgehead atoms. The number of aromatic nitrogens is 1. The Labute approximate surface area is 276 Å². The summed E-state index contributed by atoms with van der Waals surface area (Å²) in [6, 6.07) is 18.8. The lowest BCUT2D eigenvalue weighted by Crippen LogP contribution is -2.48. The number of hydrogen-bond donors (Lipinski definition) is 4. The molecule has 0 aliphatic carbocycles. The van der Waals surface area contributed by atoms with Gasteiger partial charge >= 0.3 is 6.18 Å². The van der Waals surface area contributed by atoms with Gasteiger partial charge in [0.25, 0.3) is 11.8 Å². The zero-order valence-corrected chi connectivity index (χ0v) is 27.0. The lowest BCUT2D eigenvalue weighted by atomic mass is 10.00. The highest BCUT2D eigenvalue weighted by molar-refractivity contribution is 7.09. The number of nitrogens with one attached hydrogen (secondary N) is 3. The first kappa shape index (κ1) is 34.1. The second-order valence-corrected chi connectivity index (χ2v) is 12.6. The summed E-state index contributed by atoms with van der Waals surface area (Å²) in [5, 5.41) is 22.8. The van der Waals surface area contributed by atoms with Crippen molar-refractivity contribution in [2.45, 2.75) is 57.1 Å². The molecular weight excluding hydrogens is 627 g/mol. The molecule has 2 heterocycles. The van der Waals surface area contributed by atoms with Gasteiger partial charge in [-0.3, -0.25) is 9.59 Å². The van der Waals surface area contributed by atoms with Crippen LogP contribution in [0, 0.1) is 6.92 Å². The van der Waals surface area contributed by atoms with Crippen molar-refractivity contribution in [3.63, 3.8) is 0 Å². The number of aliphatic hydroxyl groups excluding tert-OH is 1. The summed E-state index contributed by atoms with van der Waals surface area (Å²) < 4.78 is 40.2. The number of benzene rings is 3. The number of likely N-dealkylation sites (tertiary alicyclic amines) is 1. The molecule has 1 unspecified atom stereocenters. The number of anilines is 1. The fourth-order valence-corrected chi connectivity index (χ4v) is 6.71. The van der Waals surface area contributed by atoms with E-state index in [0.29, 0.717) is 29.8 Å². The Hall–Kier alpha value is -4.26. The van der Waals surface area contributed by atoms with E-state index in [2.05, 4.69) is 20.9 Å². The van der Waals surface area contributed by atoms with Gasteiger partial charge in [-0.25, -0.2) is 4.98 Å². The van der Waals surface area contributed by atoms with Crippen LogP contribution in [0.1, 0.15) is 67.0 Å². The second-order valence-electron chi connectivity index (χ2n) is 11.7. The van der Waals surface area contributed by atoms with Crippen LogP contribution < -0.4 is 16.0 Å². The van der Waals surface area contributed by atoms with Gasteiger partial charge in [-0.05, 0) is 73.7 Å². The summed E-state index contributed by atoms with van der Waals surface area (Å²) in [6.07, 6.45) is -3.57. The summed E-state index contributed by atoms with van der Waals surface area (Å²) in [4.78, 5) is 33.5. The van der Waals surface area contributed by atoms with Gasteiger partial charge in [-0.1, -0.05) is 36.4 Å². The molecule has 4 N–H and O–H groups in total. The average Bonchev–Trinajstić information content (AvgIpc) is 3.73. The summed E-state index contributed by atoms with van der Waals surface area (Å²) in [5.41, 5.74) is 2.42. The third-order valence-electron chi connectivity index (χ3n) is 8.18. The quantitative estimate of drug-likeness (QED) is 0.148. The third kappa shape index (κ3) is 8.76. The Bertz CT molecular complexity index is 1680. The fraction of sp³-hybridized carbons (Fsp3) is 0.343. The molecule has 1 saturated heterocycles. The normalized spacial score (nSPS) is 16.1. The van der Waals surface area contributed by atoms with E-state index in [1.54, 1.807) is 48.7 Å². The fourth-order valence-electron chi connectivity index (χ4n) is 5.76. The molecule has 0 radical (unpaired) electrons. The lowest BCUT2D eigenvalue weighted by Gasteiger charge is -2.25. The van der Waals surface area contributed by atoms with Crippen molar-refractivity contribution in [2.75, 3.05) is 25.5 Å². The molecule has 47 heavy (non-hydrogen) atoms. The molecule has 3 aromatic carbocycles. The molecule has 1 aliphatic rings. The highest BCUT2D eigenvalue weighted by atomic mass is 32.1. The first-order valence-corrected chi connectivity index (χ1v) is 16.4. The number of alkyl halides is 3. The van der Waals surface area contributed by atoms with E-state index in [1.807, 2.05) is 47.5 Å². The van der Waals surface area contributed by atoms with E-state index in [-0.39, 0.29) is 30.6 Å². The molecule has 1 fully saturated rings. The van der Waals surface area contributed by atoms with Gasteiger partial charge in [-0.2, -0.15) is 13.2 Å². The zero-order chi connectivity index (χ0) is 33.6. The number of rotatable bonds is 12. The first-order valence-electron chi connectivity index (χ1n) is 15.5. The molecule has 12 heteroatoms. The number of aryl methyl sites for hydroxylation is 1. The van der Waals surface area contributed by atoms with Gasteiger partial charge in [0.2, 0.25) is 0 Å². The highest BCUT2D eigenvalue weighted by Crippen LogP contribution is 2.35. The van der Waals surface area contributed by atoms with E-state index >= 15 is 0 Å². The summed E-state index contributed by atoms with van der Waals surface area (Å²) in [5.74, 6) is -0.624. The van der Waals surface area contributed by atoms with Crippen LogP contribution in [-0.2, 0) is 19.1 Å². The van der Waals surface area contributed by atoms with Gasteiger partial charge in [0.1, 0.15) is 5.01 Å². The number of thiazole rings is 1. The van der Waals surface area contributed by atoms with Crippen LogP contribution in [0.5, 0.6) is 0 Å². The number of hydrogen-bond acceptors (Lipinski definition) is 7. The Morgan fingerprint density at radius 1 is 1.04 bits per heavy atom. The number of halogens is 3. The topological polar surface area (TPSA) is 107 Å². The molecule has 5 rings (SSSR count). The van der Waals surface area contributed by atoms with E-state index in [9.17, 15) is 27.9 Å². The maximum Gasteiger partial charge on any atom is 0.416 e. The molecule has 3 atom stereocenters. The molecule has 8 nitrogen and oxygen atoms in total. The highest BCUT2D eigenvalue weighted by Gasteiger charge is 2.33. The van der Waals surface area contributed by atoms with Crippen molar-refractivity contribution in [3.05, 3.63) is 117 Å². The standard InChI is InChI=1S/C35H38F3N5O3S/c1-22-21-47-33(41-22)30-12-7-13-43(30)34(46)26-11-6-10-25(17-26)32(45)42-29(16-23-8-4-3-5-9-23)31(44)20-40-19-24-14-27(35(36,37)38)18-28(15-24)39-2/h3-6,8-11,14-15,17-18,21,29-31,39-40,44H,7,12-13,16,19-20H2,1-2H3,(H,42,45)/t29-,30?,31+/m0/s1. The van der Waals surface area contributed by atoms with Crippen molar-refractivity contribution in [1.29, 1.82) is 0 Å². The van der Waals surface area contributed by atoms with Gasteiger partial charge in [0, 0.05) is 54.6 Å². The lowest BCUT2D eigenvalue weighted by molar-refractivity contribution is -0.137.